The second kappa shape index (κ2) is 12.4. The minimum Gasteiger partial charge on any atom is -0.444 e. The standard InChI is InChI=1S/C29H45N3O7/c1-12-13-36-22-18-31(24(33)37-27(3,4)5)17-20(22)16-21-14-19(2)15-23(30-21)32(25(34)38-28(6,7)8)26(35)39-29(9,10)11/h12,14-15,20,22H,1,13,16-18H2,2-11H3. The van der Waals surface area contributed by atoms with E-state index in [0.717, 1.165) is 10.5 Å². The van der Waals surface area contributed by atoms with E-state index in [4.69, 9.17) is 18.9 Å². The van der Waals surface area contributed by atoms with Crippen molar-refractivity contribution in [3.8, 4) is 0 Å². The van der Waals surface area contributed by atoms with E-state index in [1.165, 1.54) is 0 Å². The SMILES string of the molecule is C=CCOC1CN(C(=O)OC(C)(C)C)CC1Cc1cc(C)cc(N(C(=O)OC(C)(C)C)C(=O)OC(C)(C)C)n1. The van der Waals surface area contributed by atoms with Gasteiger partial charge in [-0.3, -0.25) is 0 Å². The Labute approximate surface area is 232 Å². The number of aromatic nitrogens is 1. The van der Waals surface area contributed by atoms with Crippen LogP contribution in [0.2, 0.25) is 0 Å². The van der Waals surface area contributed by atoms with Crippen molar-refractivity contribution in [1.82, 2.24) is 9.88 Å². The molecule has 1 aliphatic rings. The van der Waals surface area contributed by atoms with Crippen molar-refractivity contribution < 1.29 is 33.3 Å². The van der Waals surface area contributed by atoms with Crippen molar-refractivity contribution in [3.05, 3.63) is 36.0 Å². The van der Waals surface area contributed by atoms with Gasteiger partial charge in [-0.2, -0.15) is 4.90 Å². The van der Waals surface area contributed by atoms with Crippen LogP contribution >= 0.6 is 0 Å². The zero-order valence-corrected chi connectivity index (χ0v) is 25.1. The zero-order valence-electron chi connectivity index (χ0n) is 25.1. The molecule has 1 fully saturated rings. The second-order valence-electron chi connectivity index (χ2n) is 12.8. The van der Waals surface area contributed by atoms with Crippen molar-refractivity contribution >= 4 is 24.1 Å². The molecule has 0 N–H and O–H groups in total. The van der Waals surface area contributed by atoms with Crippen LogP contribution in [-0.4, -0.2) is 70.8 Å². The highest BCUT2D eigenvalue weighted by atomic mass is 16.6. The number of hydrogen-bond donors (Lipinski definition) is 0. The van der Waals surface area contributed by atoms with Crippen molar-refractivity contribution in [2.24, 2.45) is 5.92 Å². The molecule has 0 saturated carbocycles. The monoisotopic (exact) mass is 547 g/mol. The van der Waals surface area contributed by atoms with Crippen LogP contribution in [0.3, 0.4) is 0 Å². The van der Waals surface area contributed by atoms with E-state index in [9.17, 15) is 14.4 Å². The molecule has 0 bridgehead atoms. The van der Waals surface area contributed by atoms with Gasteiger partial charge in [0.1, 0.15) is 22.6 Å². The molecule has 2 rings (SSSR count). The van der Waals surface area contributed by atoms with E-state index < -0.39 is 35.1 Å². The van der Waals surface area contributed by atoms with Gasteiger partial charge in [0.05, 0.1) is 19.3 Å². The fraction of sp³-hybridized carbons (Fsp3) is 0.655. The summed E-state index contributed by atoms with van der Waals surface area (Å²) in [7, 11) is 0. The first-order chi connectivity index (χ1) is 17.8. The first kappa shape index (κ1) is 32.1. The van der Waals surface area contributed by atoms with Crippen molar-refractivity contribution in [3.63, 3.8) is 0 Å². The third kappa shape index (κ3) is 10.5. The molecular weight excluding hydrogens is 502 g/mol. The average Bonchev–Trinajstić information content (AvgIpc) is 3.10. The lowest BCUT2D eigenvalue weighted by atomic mass is 9.98. The number of anilines is 1. The van der Waals surface area contributed by atoms with Crippen molar-refractivity contribution in [1.29, 1.82) is 0 Å². The molecule has 2 heterocycles. The predicted molar refractivity (Wildman–Crippen MR) is 149 cm³/mol. The smallest absolute Gasteiger partial charge is 0.425 e. The summed E-state index contributed by atoms with van der Waals surface area (Å²) >= 11 is 0. The Bertz CT molecular complexity index is 1020. The summed E-state index contributed by atoms with van der Waals surface area (Å²) in [6.45, 7) is 22.4. The second-order valence-corrected chi connectivity index (χ2v) is 12.8. The minimum absolute atomic E-state index is 0.0963. The first-order valence-corrected chi connectivity index (χ1v) is 13.2. The molecular formula is C29H45N3O7. The van der Waals surface area contributed by atoms with E-state index in [1.807, 2.05) is 33.8 Å². The summed E-state index contributed by atoms with van der Waals surface area (Å²) in [5.41, 5.74) is -0.876. The fourth-order valence-electron chi connectivity index (χ4n) is 3.98. The normalized spacial score (nSPS) is 17.9. The van der Waals surface area contributed by atoms with Crippen LogP contribution < -0.4 is 4.90 Å². The minimum atomic E-state index is -0.884. The largest absolute Gasteiger partial charge is 0.444 e. The summed E-state index contributed by atoms with van der Waals surface area (Å²) in [6.07, 6.45) is -0.345. The number of aryl methyl sites for hydroxylation is 1. The molecule has 1 saturated heterocycles. The Kier molecular flexibility index (Phi) is 10.2. The van der Waals surface area contributed by atoms with Gasteiger partial charge in [0.25, 0.3) is 0 Å². The molecule has 2 unspecified atom stereocenters. The molecule has 0 spiro atoms. The summed E-state index contributed by atoms with van der Waals surface area (Å²) in [4.78, 5) is 46.1. The Hall–Kier alpha value is -3.14. The number of amides is 3. The van der Waals surface area contributed by atoms with Gasteiger partial charge in [-0.05, 0) is 93.4 Å². The van der Waals surface area contributed by atoms with Crippen LogP contribution in [0.25, 0.3) is 0 Å². The number of pyridine rings is 1. The highest BCUT2D eigenvalue weighted by Gasteiger charge is 2.39. The number of carbonyl (C=O) groups is 3. The summed E-state index contributed by atoms with van der Waals surface area (Å²) in [5, 5.41) is 0. The Morgan fingerprint density at radius 2 is 1.49 bits per heavy atom. The summed E-state index contributed by atoms with van der Waals surface area (Å²) < 4.78 is 22.6. The van der Waals surface area contributed by atoms with E-state index in [1.54, 1.807) is 58.6 Å². The molecule has 1 aromatic rings. The molecule has 1 aliphatic heterocycles. The molecule has 10 nitrogen and oxygen atoms in total. The summed E-state index contributed by atoms with van der Waals surface area (Å²) in [6, 6.07) is 3.51. The average molecular weight is 548 g/mol. The third-order valence-electron chi connectivity index (χ3n) is 5.32. The van der Waals surface area contributed by atoms with Gasteiger partial charge >= 0.3 is 18.3 Å². The van der Waals surface area contributed by atoms with Crippen LogP contribution in [0.15, 0.2) is 24.8 Å². The fourth-order valence-corrected chi connectivity index (χ4v) is 3.98. The van der Waals surface area contributed by atoms with Crippen molar-refractivity contribution in [2.75, 3.05) is 24.6 Å². The van der Waals surface area contributed by atoms with Gasteiger partial charge in [-0.25, -0.2) is 19.4 Å². The quantitative estimate of drug-likeness (QED) is 0.313. The molecule has 0 radical (unpaired) electrons. The number of rotatable bonds is 6. The van der Waals surface area contributed by atoms with E-state index in [-0.39, 0.29) is 17.8 Å². The maximum atomic E-state index is 13.1. The number of ether oxygens (including phenoxy) is 4. The van der Waals surface area contributed by atoms with Gasteiger partial charge in [0.15, 0.2) is 0 Å². The van der Waals surface area contributed by atoms with Crippen LogP contribution in [-0.2, 0) is 25.4 Å². The maximum Gasteiger partial charge on any atom is 0.425 e. The van der Waals surface area contributed by atoms with Crippen molar-refractivity contribution in [2.45, 2.75) is 98.6 Å². The number of carbonyl (C=O) groups excluding carboxylic acids is 3. The van der Waals surface area contributed by atoms with Crippen LogP contribution in [0.1, 0.15) is 73.6 Å². The lowest BCUT2D eigenvalue weighted by Gasteiger charge is -2.28. The number of imide groups is 1. The van der Waals surface area contributed by atoms with E-state index in [0.29, 0.717) is 31.8 Å². The molecule has 10 heteroatoms. The zero-order chi connectivity index (χ0) is 29.8. The topological polar surface area (TPSA) is 108 Å². The molecule has 1 aromatic heterocycles. The van der Waals surface area contributed by atoms with Crippen LogP contribution in [0.4, 0.5) is 20.2 Å². The Balaban J connectivity index is 2.39. The molecule has 0 aliphatic carbocycles. The van der Waals surface area contributed by atoms with E-state index >= 15 is 0 Å². The maximum absolute atomic E-state index is 13.1. The third-order valence-corrected chi connectivity index (χ3v) is 5.32. The van der Waals surface area contributed by atoms with Crippen LogP contribution in [0.5, 0.6) is 0 Å². The highest BCUT2D eigenvalue weighted by Crippen LogP contribution is 2.28. The number of likely N-dealkylation sites (tertiary alicyclic amines) is 1. The first-order valence-electron chi connectivity index (χ1n) is 13.2. The Morgan fingerprint density at radius 1 is 0.949 bits per heavy atom. The summed E-state index contributed by atoms with van der Waals surface area (Å²) in [5.74, 6) is -0.00447. The molecule has 218 valence electrons. The lowest BCUT2D eigenvalue weighted by molar-refractivity contribution is 0.0225. The van der Waals surface area contributed by atoms with Gasteiger partial charge < -0.3 is 23.8 Å². The molecule has 0 aromatic carbocycles. The Morgan fingerprint density at radius 3 is 1.97 bits per heavy atom. The van der Waals surface area contributed by atoms with Gasteiger partial charge in [-0.1, -0.05) is 6.08 Å². The lowest BCUT2D eigenvalue weighted by Crippen LogP contribution is -2.44. The highest BCUT2D eigenvalue weighted by molar-refractivity contribution is 6.08. The van der Waals surface area contributed by atoms with Gasteiger partial charge in [-0.15, -0.1) is 6.58 Å². The molecule has 3 amide bonds. The van der Waals surface area contributed by atoms with Gasteiger partial charge in [0.2, 0.25) is 0 Å². The van der Waals surface area contributed by atoms with Crippen LogP contribution in [0, 0.1) is 12.8 Å². The molecule has 2 atom stereocenters. The number of nitrogens with zero attached hydrogens (tertiary/aromatic N) is 3. The predicted octanol–water partition coefficient (Wildman–Crippen LogP) is 6.05. The number of hydrogen-bond acceptors (Lipinski definition) is 8. The van der Waals surface area contributed by atoms with E-state index in [2.05, 4.69) is 11.6 Å². The molecule has 39 heavy (non-hydrogen) atoms. The van der Waals surface area contributed by atoms with Gasteiger partial charge in [0, 0.05) is 18.2 Å².